The maximum absolute atomic E-state index is 12.9. The van der Waals surface area contributed by atoms with Gasteiger partial charge in [0, 0.05) is 38.9 Å². The van der Waals surface area contributed by atoms with Crippen molar-refractivity contribution in [1.29, 1.82) is 0 Å². The number of nitrogens with zero attached hydrogens (tertiary/aromatic N) is 3. The fraction of sp³-hybridized carbons (Fsp3) is 0.333. The maximum Gasteiger partial charge on any atom is 0.323 e. The van der Waals surface area contributed by atoms with Crippen LogP contribution in [0.25, 0.3) is 0 Å². The van der Waals surface area contributed by atoms with Gasteiger partial charge in [0.15, 0.2) is 0 Å². The second kappa shape index (κ2) is 7.40. The van der Waals surface area contributed by atoms with Gasteiger partial charge in [-0.25, -0.2) is 14.2 Å². The fourth-order valence-corrected chi connectivity index (χ4v) is 2.69. The zero-order chi connectivity index (χ0) is 16.9. The van der Waals surface area contributed by atoms with Gasteiger partial charge in [-0.3, -0.25) is 10.2 Å². The van der Waals surface area contributed by atoms with Crippen molar-refractivity contribution in [2.24, 2.45) is 0 Å². The molecule has 24 heavy (non-hydrogen) atoms. The van der Waals surface area contributed by atoms with Crippen molar-refractivity contribution in [3.8, 4) is 0 Å². The van der Waals surface area contributed by atoms with Crippen molar-refractivity contribution in [1.82, 2.24) is 14.8 Å². The van der Waals surface area contributed by atoms with Crippen LogP contribution in [0.3, 0.4) is 0 Å². The maximum atomic E-state index is 12.9. The number of hydrogen-bond donors (Lipinski definition) is 1. The molecule has 1 aliphatic rings. The van der Waals surface area contributed by atoms with Crippen LogP contribution in [0.5, 0.6) is 0 Å². The standard InChI is InChI=1S/C18H21FN4O/c1-14-2-7-17(20-12-14)21-18(24)23-10-8-22(9-11-23)13-15-3-5-16(19)6-4-15/h2-7,12H,8-11,13H2,1H3,(H,20,21,24). The lowest BCUT2D eigenvalue weighted by molar-refractivity contribution is 0.143. The Bertz CT molecular complexity index is 679. The summed E-state index contributed by atoms with van der Waals surface area (Å²) in [5.41, 5.74) is 2.14. The van der Waals surface area contributed by atoms with Crippen molar-refractivity contribution in [2.45, 2.75) is 13.5 Å². The van der Waals surface area contributed by atoms with E-state index >= 15 is 0 Å². The Kier molecular flexibility index (Phi) is 5.05. The first kappa shape index (κ1) is 16.4. The molecule has 2 aromatic rings. The fourth-order valence-electron chi connectivity index (χ4n) is 2.69. The van der Waals surface area contributed by atoms with Gasteiger partial charge in [0.25, 0.3) is 0 Å². The number of anilines is 1. The van der Waals surface area contributed by atoms with E-state index in [1.165, 1.54) is 12.1 Å². The number of urea groups is 1. The van der Waals surface area contributed by atoms with E-state index in [0.717, 1.165) is 30.8 Å². The summed E-state index contributed by atoms with van der Waals surface area (Å²) < 4.78 is 12.9. The Morgan fingerprint density at radius 1 is 1.12 bits per heavy atom. The number of halogens is 1. The van der Waals surface area contributed by atoms with Crippen LogP contribution in [0.1, 0.15) is 11.1 Å². The number of aryl methyl sites for hydroxylation is 1. The molecule has 0 bridgehead atoms. The molecule has 126 valence electrons. The van der Waals surface area contributed by atoms with Crippen molar-refractivity contribution in [2.75, 3.05) is 31.5 Å². The Hall–Kier alpha value is -2.47. The van der Waals surface area contributed by atoms with Gasteiger partial charge in [-0.2, -0.15) is 0 Å². The van der Waals surface area contributed by atoms with E-state index in [1.54, 1.807) is 29.3 Å². The number of carbonyl (C=O) groups excluding carboxylic acids is 1. The van der Waals surface area contributed by atoms with Gasteiger partial charge in [0.05, 0.1) is 0 Å². The molecule has 3 rings (SSSR count). The molecule has 0 atom stereocenters. The first-order chi connectivity index (χ1) is 11.6. The molecule has 0 spiro atoms. The molecule has 1 N–H and O–H groups in total. The topological polar surface area (TPSA) is 48.5 Å². The lowest BCUT2D eigenvalue weighted by Crippen LogP contribution is -2.49. The normalized spacial score (nSPS) is 15.3. The molecule has 2 amide bonds. The Morgan fingerprint density at radius 2 is 1.83 bits per heavy atom. The van der Waals surface area contributed by atoms with Crippen LogP contribution in [0.15, 0.2) is 42.6 Å². The molecule has 0 saturated carbocycles. The van der Waals surface area contributed by atoms with E-state index in [-0.39, 0.29) is 11.8 Å². The minimum atomic E-state index is -0.218. The minimum absolute atomic E-state index is 0.118. The molecule has 1 saturated heterocycles. The number of nitrogens with one attached hydrogen (secondary N) is 1. The van der Waals surface area contributed by atoms with Crippen molar-refractivity contribution in [3.63, 3.8) is 0 Å². The number of aromatic nitrogens is 1. The molecular weight excluding hydrogens is 307 g/mol. The van der Waals surface area contributed by atoms with Crippen LogP contribution in [-0.4, -0.2) is 47.0 Å². The number of piperazine rings is 1. The van der Waals surface area contributed by atoms with E-state index in [1.807, 2.05) is 13.0 Å². The predicted octanol–water partition coefficient (Wildman–Crippen LogP) is 2.88. The molecule has 1 aromatic heterocycles. The summed E-state index contributed by atoms with van der Waals surface area (Å²) in [6.07, 6.45) is 1.73. The summed E-state index contributed by atoms with van der Waals surface area (Å²) in [7, 11) is 0. The lowest BCUT2D eigenvalue weighted by atomic mass is 10.2. The Morgan fingerprint density at radius 3 is 2.46 bits per heavy atom. The molecule has 2 heterocycles. The molecule has 5 nitrogen and oxygen atoms in total. The van der Waals surface area contributed by atoms with Gasteiger partial charge in [-0.05, 0) is 36.2 Å². The molecule has 1 aromatic carbocycles. The van der Waals surface area contributed by atoms with E-state index in [2.05, 4.69) is 15.2 Å². The highest BCUT2D eigenvalue weighted by molar-refractivity contribution is 5.88. The summed E-state index contributed by atoms with van der Waals surface area (Å²) in [5.74, 6) is 0.351. The molecule has 6 heteroatoms. The number of rotatable bonds is 3. The lowest BCUT2D eigenvalue weighted by Gasteiger charge is -2.34. The van der Waals surface area contributed by atoms with E-state index in [4.69, 9.17) is 0 Å². The predicted molar refractivity (Wildman–Crippen MR) is 91.2 cm³/mol. The van der Waals surface area contributed by atoms with Crippen LogP contribution < -0.4 is 5.32 Å². The highest BCUT2D eigenvalue weighted by atomic mass is 19.1. The van der Waals surface area contributed by atoms with Crippen LogP contribution in [0.4, 0.5) is 15.0 Å². The third kappa shape index (κ3) is 4.29. The second-order valence-electron chi connectivity index (χ2n) is 6.04. The first-order valence-corrected chi connectivity index (χ1v) is 8.05. The van der Waals surface area contributed by atoms with Crippen LogP contribution >= 0.6 is 0 Å². The van der Waals surface area contributed by atoms with Crippen molar-refractivity contribution in [3.05, 3.63) is 59.5 Å². The molecule has 1 fully saturated rings. The van der Waals surface area contributed by atoms with E-state index in [9.17, 15) is 9.18 Å². The van der Waals surface area contributed by atoms with Crippen LogP contribution in [-0.2, 0) is 6.54 Å². The van der Waals surface area contributed by atoms with Gasteiger partial charge in [0.1, 0.15) is 11.6 Å². The summed E-state index contributed by atoms with van der Waals surface area (Å²) in [6, 6.07) is 10.2. The summed E-state index contributed by atoms with van der Waals surface area (Å²) in [6.45, 7) is 5.66. The third-order valence-electron chi connectivity index (χ3n) is 4.13. The Labute approximate surface area is 141 Å². The summed E-state index contributed by atoms with van der Waals surface area (Å²) in [4.78, 5) is 20.5. The minimum Gasteiger partial charge on any atom is -0.322 e. The SMILES string of the molecule is Cc1ccc(NC(=O)N2CCN(Cc3ccc(F)cc3)CC2)nc1. The van der Waals surface area contributed by atoms with Gasteiger partial charge < -0.3 is 4.90 Å². The molecule has 0 radical (unpaired) electrons. The van der Waals surface area contributed by atoms with E-state index in [0.29, 0.717) is 18.9 Å². The second-order valence-corrected chi connectivity index (χ2v) is 6.04. The van der Waals surface area contributed by atoms with Gasteiger partial charge in [-0.1, -0.05) is 18.2 Å². The molecular formula is C18H21FN4O. The highest BCUT2D eigenvalue weighted by Gasteiger charge is 2.21. The van der Waals surface area contributed by atoms with Crippen molar-refractivity contribution >= 4 is 11.8 Å². The monoisotopic (exact) mass is 328 g/mol. The molecule has 0 unspecified atom stereocenters. The Balaban J connectivity index is 1.48. The average Bonchev–Trinajstić information content (AvgIpc) is 2.59. The van der Waals surface area contributed by atoms with Crippen LogP contribution in [0.2, 0.25) is 0 Å². The molecule has 1 aliphatic heterocycles. The third-order valence-corrected chi connectivity index (χ3v) is 4.13. The van der Waals surface area contributed by atoms with Gasteiger partial charge >= 0.3 is 6.03 Å². The smallest absolute Gasteiger partial charge is 0.322 e. The van der Waals surface area contributed by atoms with E-state index < -0.39 is 0 Å². The molecule has 0 aliphatic carbocycles. The number of benzene rings is 1. The quantitative estimate of drug-likeness (QED) is 0.942. The number of carbonyl (C=O) groups is 1. The van der Waals surface area contributed by atoms with Crippen LogP contribution in [0, 0.1) is 12.7 Å². The summed E-state index contributed by atoms with van der Waals surface area (Å²) >= 11 is 0. The van der Waals surface area contributed by atoms with Gasteiger partial charge in [-0.15, -0.1) is 0 Å². The number of hydrogen-bond acceptors (Lipinski definition) is 3. The largest absolute Gasteiger partial charge is 0.323 e. The zero-order valence-electron chi connectivity index (χ0n) is 13.7. The number of pyridine rings is 1. The zero-order valence-corrected chi connectivity index (χ0v) is 13.7. The highest BCUT2D eigenvalue weighted by Crippen LogP contribution is 2.11. The number of amides is 2. The van der Waals surface area contributed by atoms with Gasteiger partial charge in [0.2, 0.25) is 0 Å². The van der Waals surface area contributed by atoms with Crippen molar-refractivity contribution < 1.29 is 9.18 Å². The average molecular weight is 328 g/mol. The first-order valence-electron chi connectivity index (χ1n) is 8.05. The summed E-state index contributed by atoms with van der Waals surface area (Å²) in [5, 5.41) is 2.83.